The Kier molecular flexibility index (Phi) is 5.50. The zero-order valence-electron chi connectivity index (χ0n) is 17.4. The lowest BCUT2D eigenvalue weighted by Crippen LogP contribution is -2.37. The van der Waals surface area contributed by atoms with Gasteiger partial charge in [-0.2, -0.15) is 4.99 Å². The molecule has 5 rings (SSSR count). The number of amidine groups is 1. The Morgan fingerprint density at radius 2 is 2.00 bits per heavy atom. The Labute approximate surface area is 190 Å². The fraction of sp³-hybridized carbons (Fsp3) is 0.364. The molecule has 0 bridgehead atoms. The van der Waals surface area contributed by atoms with Crippen LogP contribution in [0.3, 0.4) is 0 Å². The van der Waals surface area contributed by atoms with Crippen molar-refractivity contribution in [3.63, 3.8) is 0 Å². The van der Waals surface area contributed by atoms with Crippen LogP contribution in [0.1, 0.15) is 11.1 Å². The van der Waals surface area contributed by atoms with Gasteiger partial charge in [0, 0.05) is 17.4 Å². The second kappa shape index (κ2) is 8.32. The molecule has 10 heteroatoms. The molecule has 0 saturated carbocycles. The largest absolute Gasteiger partial charge is 0.496 e. The molecule has 2 fully saturated rings. The summed E-state index contributed by atoms with van der Waals surface area (Å²) in [5, 5.41) is 0.430. The van der Waals surface area contributed by atoms with Crippen molar-refractivity contribution < 1.29 is 27.4 Å². The number of hydrogen-bond donors (Lipinski definition) is 0. The normalized spacial score (nSPS) is 24.0. The van der Waals surface area contributed by atoms with Gasteiger partial charge in [-0.3, -0.25) is 4.79 Å². The van der Waals surface area contributed by atoms with Crippen LogP contribution < -0.4 is 14.2 Å². The van der Waals surface area contributed by atoms with Crippen molar-refractivity contribution >= 4 is 32.7 Å². The molecule has 32 heavy (non-hydrogen) atoms. The van der Waals surface area contributed by atoms with Gasteiger partial charge in [-0.15, -0.1) is 0 Å². The molecule has 2 aromatic carbocycles. The number of benzene rings is 2. The van der Waals surface area contributed by atoms with Crippen LogP contribution in [-0.4, -0.2) is 61.1 Å². The van der Waals surface area contributed by atoms with Gasteiger partial charge in [-0.05, 0) is 23.8 Å². The van der Waals surface area contributed by atoms with E-state index in [1.807, 2.05) is 41.3 Å². The van der Waals surface area contributed by atoms with E-state index in [0.29, 0.717) is 29.0 Å². The number of fused-ring (bicyclic) bond motifs is 2. The second-order valence-electron chi connectivity index (χ2n) is 7.89. The topological polar surface area (TPSA) is 94.5 Å². The quantitative estimate of drug-likeness (QED) is 0.652. The van der Waals surface area contributed by atoms with Crippen molar-refractivity contribution in [1.82, 2.24) is 4.90 Å². The molecule has 2 saturated heterocycles. The van der Waals surface area contributed by atoms with Gasteiger partial charge in [0.2, 0.25) is 6.79 Å². The average molecular weight is 475 g/mol. The van der Waals surface area contributed by atoms with E-state index in [1.165, 1.54) is 11.8 Å². The zero-order valence-corrected chi connectivity index (χ0v) is 19.0. The summed E-state index contributed by atoms with van der Waals surface area (Å²) in [4.78, 5) is 19.1. The second-order valence-corrected chi connectivity index (χ2v) is 11.3. The first-order valence-corrected chi connectivity index (χ1v) is 12.9. The van der Waals surface area contributed by atoms with Gasteiger partial charge in [0.05, 0.1) is 31.1 Å². The number of sulfone groups is 1. The molecule has 0 radical (unpaired) electrons. The predicted octanol–water partition coefficient (Wildman–Crippen LogP) is 2.26. The number of hydrogen-bond acceptors (Lipinski definition) is 7. The summed E-state index contributed by atoms with van der Waals surface area (Å²) >= 11 is 1.37. The minimum absolute atomic E-state index is 0.0644. The van der Waals surface area contributed by atoms with Crippen LogP contribution in [0.2, 0.25) is 0 Å². The van der Waals surface area contributed by atoms with E-state index in [1.54, 1.807) is 13.2 Å². The Bertz CT molecular complexity index is 1200. The SMILES string of the molecule is COc1ccccc1CC(=O)N=C1S[C@H]2CS(=O)(=O)C[C@@H]2N1Cc1ccc2c(c1)OCO2. The monoisotopic (exact) mass is 474 g/mol. The van der Waals surface area contributed by atoms with Gasteiger partial charge in [0.25, 0.3) is 5.91 Å². The number of aliphatic imine (C=N–C) groups is 1. The molecule has 3 heterocycles. The maximum Gasteiger partial charge on any atom is 0.252 e. The standard InChI is InChI=1S/C22H22N2O6S2/c1-28-17-5-3-2-4-15(17)9-21(25)23-22-24(16-11-32(26,27)12-20(16)31-22)10-14-6-7-18-19(8-14)30-13-29-18/h2-8,16,20H,9-13H2,1H3/t16-,20-/m0/s1. The summed E-state index contributed by atoms with van der Waals surface area (Å²) in [6, 6.07) is 12.8. The number of para-hydroxylation sites is 1. The first kappa shape index (κ1) is 21.1. The number of carbonyl (C=O) groups excluding carboxylic acids is 1. The van der Waals surface area contributed by atoms with Gasteiger partial charge in [0.15, 0.2) is 26.5 Å². The van der Waals surface area contributed by atoms with E-state index in [0.717, 1.165) is 11.1 Å². The van der Waals surface area contributed by atoms with Gasteiger partial charge < -0.3 is 19.1 Å². The van der Waals surface area contributed by atoms with E-state index >= 15 is 0 Å². The molecule has 0 aliphatic carbocycles. The van der Waals surface area contributed by atoms with E-state index in [9.17, 15) is 13.2 Å². The van der Waals surface area contributed by atoms with Crippen LogP contribution in [0, 0.1) is 0 Å². The number of ether oxygens (including phenoxy) is 3. The molecule has 168 valence electrons. The van der Waals surface area contributed by atoms with Crippen molar-refractivity contribution in [2.45, 2.75) is 24.3 Å². The molecule has 3 aliphatic heterocycles. The van der Waals surface area contributed by atoms with E-state index < -0.39 is 9.84 Å². The molecular weight excluding hydrogens is 452 g/mol. The highest BCUT2D eigenvalue weighted by molar-refractivity contribution is 8.15. The van der Waals surface area contributed by atoms with Gasteiger partial charge in [-0.1, -0.05) is 36.0 Å². The lowest BCUT2D eigenvalue weighted by Gasteiger charge is -2.24. The van der Waals surface area contributed by atoms with E-state index in [2.05, 4.69) is 4.99 Å². The van der Waals surface area contributed by atoms with Crippen LogP contribution in [0.5, 0.6) is 17.2 Å². The number of thioether (sulfide) groups is 1. The van der Waals surface area contributed by atoms with Crippen LogP contribution in [0.4, 0.5) is 0 Å². The highest BCUT2D eigenvalue weighted by atomic mass is 32.2. The molecule has 0 aromatic heterocycles. The highest BCUT2D eigenvalue weighted by Gasteiger charge is 2.48. The third-order valence-corrected chi connectivity index (χ3v) is 8.97. The van der Waals surface area contributed by atoms with E-state index in [4.69, 9.17) is 14.2 Å². The summed E-state index contributed by atoms with van der Waals surface area (Å²) in [7, 11) is -1.55. The van der Waals surface area contributed by atoms with Crippen molar-refractivity contribution in [3.8, 4) is 17.2 Å². The van der Waals surface area contributed by atoms with Crippen molar-refractivity contribution in [2.24, 2.45) is 4.99 Å². The maximum absolute atomic E-state index is 12.8. The van der Waals surface area contributed by atoms with Crippen LogP contribution >= 0.6 is 11.8 Å². The first-order chi connectivity index (χ1) is 15.4. The third kappa shape index (κ3) is 4.16. The molecule has 3 aliphatic rings. The highest BCUT2D eigenvalue weighted by Crippen LogP contribution is 2.40. The molecule has 0 spiro atoms. The molecule has 8 nitrogen and oxygen atoms in total. The number of methoxy groups -OCH3 is 1. The number of rotatable bonds is 5. The van der Waals surface area contributed by atoms with Crippen LogP contribution in [-0.2, 0) is 27.6 Å². The minimum Gasteiger partial charge on any atom is -0.496 e. The smallest absolute Gasteiger partial charge is 0.252 e. The van der Waals surface area contributed by atoms with Crippen LogP contribution in [0.25, 0.3) is 0 Å². The van der Waals surface area contributed by atoms with Gasteiger partial charge in [0.1, 0.15) is 5.75 Å². The van der Waals surface area contributed by atoms with Crippen molar-refractivity contribution in [3.05, 3.63) is 53.6 Å². The molecular formula is C22H22N2O6S2. The van der Waals surface area contributed by atoms with Crippen molar-refractivity contribution in [1.29, 1.82) is 0 Å². The summed E-state index contributed by atoms with van der Waals surface area (Å²) < 4.78 is 40.6. The Morgan fingerprint density at radius 1 is 1.19 bits per heavy atom. The Balaban J connectivity index is 1.40. The first-order valence-electron chi connectivity index (χ1n) is 10.2. The Morgan fingerprint density at radius 3 is 2.84 bits per heavy atom. The lowest BCUT2D eigenvalue weighted by atomic mass is 10.1. The average Bonchev–Trinajstić information content (AvgIpc) is 3.42. The zero-order chi connectivity index (χ0) is 22.3. The Hall–Kier alpha value is -2.72. The lowest BCUT2D eigenvalue weighted by molar-refractivity contribution is -0.117. The molecule has 2 aromatic rings. The van der Waals surface area contributed by atoms with E-state index in [-0.39, 0.29) is 41.9 Å². The maximum atomic E-state index is 12.8. The summed E-state index contributed by atoms with van der Waals surface area (Å²) in [5.74, 6) is 1.85. The molecule has 0 N–H and O–H groups in total. The number of carbonyl (C=O) groups is 1. The fourth-order valence-electron chi connectivity index (χ4n) is 4.21. The number of amides is 1. The summed E-state index contributed by atoms with van der Waals surface area (Å²) in [6.45, 7) is 0.618. The minimum atomic E-state index is -3.11. The summed E-state index contributed by atoms with van der Waals surface area (Å²) in [5.41, 5.74) is 1.70. The predicted molar refractivity (Wildman–Crippen MR) is 121 cm³/mol. The fourth-order valence-corrected chi connectivity index (χ4v) is 8.18. The van der Waals surface area contributed by atoms with Crippen molar-refractivity contribution in [2.75, 3.05) is 25.4 Å². The summed E-state index contributed by atoms with van der Waals surface area (Å²) in [6.07, 6.45) is 0.111. The number of nitrogens with zero attached hydrogens (tertiary/aromatic N) is 2. The van der Waals surface area contributed by atoms with Gasteiger partial charge in [-0.25, -0.2) is 8.42 Å². The van der Waals surface area contributed by atoms with Gasteiger partial charge >= 0.3 is 0 Å². The van der Waals surface area contributed by atoms with Crippen LogP contribution in [0.15, 0.2) is 47.5 Å². The molecule has 2 atom stereocenters. The molecule has 0 unspecified atom stereocenters. The molecule has 1 amide bonds. The third-order valence-electron chi connectivity index (χ3n) is 5.72.